The van der Waals surface area contributed by atoms with Gasteiger partial charge >= 0.3 is 6.09 Å². The smallest absolute Gasteiger partial charge is 0.407 e. The quantitative estimate of drug-likeness (QED) is 0.910. The number of hydrogen-bond donors (Lipinski definition) is 1. The van der Waals surface area contributed by atoms with Crippen molar-refractivity contribution in [3.05, 3.63) is 34.9 Å². The third-order valence-corrected chi connectivity index (χ3v) is 4.20. The van der Waals surface area contributed by atoms with E-state index < -0.39 is 6.09 Å². The fourth-order valence-corrected chi connectivity index (χ4v) is 2.70. The van der Waals surface area contributed by atoms with Gasteiger partial charge in [0.2, 0.25) is 0 Å². The Morgan fingerprint density at radius 1 is 1.42 bits per heavy atom. The molecule has 1 aliphatic rings. The summed E-state index contributed by atoms with van der Waals surface area (Å²) >= 11 is 0. The van der Waals surface area contributed by atoms with E-state index in [9.17, 15) is 4.79 Å². The van der Waals surface area contributed by atoms with Crippen LogP contribution in [0.25, 0.3) is 0 Å². The first-order chi connectivity index (χ1) is 8.90. The molecule has 0 radical (unpaired) electrons. The SMILES string of the molecule is Cc1ccc(C(C)N(C)C2CN(C(=O)O)C2)c(C)c1. The van der Waals surface area contributed by atoms with E-state index in [0.29, 0.717) is 25.2 Å². The van der Waals surface area contributed by atoms with Crippen LogP contribution in [0.2, 0.25) is 0 Å². The molecule has 1 aromatic rings. The van der Waals surface area contributed by atoms with E-state index in [2.05, 4.69) is 50.9 Å². The van der Waals surface area contributed by atoms with E-state index in [-0.39, 0.29) is 0 Å². The van der Waals surface area contributed by atoms with Gasteiger partial charge in [0, 0.05) is 25.2 Å². The van der Waals surface area contributed by atoms with Gasteiger partial charge in [0.15, 0.2) is 0 Å². The van der Waals surface area contributed by atoms with Crippen LogP contribution in [0.3, 0.4) is 0 Å². The van der Waals surface area contributed by atoms with Crippen molar-refractivity contribution in [3.63, 3.8) is 0 Å². The average Bonchev–Trinajstić information content (AvgIpc) is 2.25. The Kier molecular flexibility index (Phi) is 3.80. The van der Waals surface area contributed by atoms with Gasteiger partial charge in [0.1, 0.15) is 0 Å². The molecular weight excluding hydrogens is 240 g/mol. The Balaban J connectivity index is 2.04. The third-order valence-electron chi connectivity index (χ3n) is 4.20. The summed E-state index contributed by atoms with van der Waals surface area (Å²) in [5.74, 6) is 0. The summed E-state index contributed by atoms with van der Waals surface area (Å²) in [5.41, 5.74) is 3.90. The molecule has 2 rings (SSSR count). The highest BCUT2D eigenvalue weighted by Gasteiger charge is 2.35. The van der Waals surface area contributed by atoms with Gasteiger partial charge in [-0.3, -0.25) is 4.90 Å². The number of aryl methyl sites for hydroxylation is 2. The zero-order valence-corrected chi connectivity index (χ0v) is 12.1. The summed E-state index contributed by atoms with van der Waals surface area (Å²) < 4.78 is 0. The van der Waals surface area contributed by atoms with Crippen molar-refractivity contribution in [2.75, 3.05) is 20.1 Å². The first-order valence-electron chi connectivity index (χ1n) is 6.67. The molecule has 4 heteroatoms. The standard InChI is InChI=1S/C15H22N2O2/c1-10-5-6-14(11(2)7-10)12(3)16(4)13-8-17(9-13)15(18)19/h5-7,12-13H,8-9H2,1-4H3,(H,18,19). The summed E-state index contributed by atoms with van der Waals surface area (Å²) in [6.07, 6.45) is -0.816. The van der Waals surface area contributed by atoms with E-state index in [1.807, 2.05) is 0 Å². The number of rotatable bonds is 3. The lowest BCUT2D eigenvalue weighted by Crippen LogP contribution is -2.60. The van der Waals surface area contributed by atoms with Gasteiger partial charge in [0.25, 0.3) is 0 Å². The fourth-order valence-electron chi connectivity index (χ4n) is 2.70. The normalized spacial score (nSPS) is 17.4. The summed E-state index contributed by atoms with van der Waals surface area (Å²) in [5, 5.41) is 8.87. The summed E-state index contributed by atoms with van der Waals surface area (Å²) in [4.78, 5) is 14.5. The van der Waals surface area contributed by atoms with E-state index in [1.54, 1.807) is 0 Å². The topological polar surface area (TPSA) is 43.8 Å². The van der Waals surface area contributed by atoms with Gasteiger partial charge in [0.05, 0.1) is 0 Å². The van der Waals surface area contributed by atoms with Gasteiger partial charge in [-0.1, -0.05) is 23.8 Å². The molecule has 1 amide bonds. The van der Waals surface area contributed by atoms with Crippen LogP contribution < -0.4 is 0 Å². The van der Waals surface area contributed by atoms with Gasteiger partial charge in [-0.2, -0.15) is 0 Å². The third kappa shape index (κ3) is 2.73. The lowest BCUT2D eigenvalue weighted by molar-refractivity contribution is 0.0323. The predicted molar refractivity (Wildman–Crippen MR) is 75.5 cm³/mol. The number of likely N-dealkylation sites (tertiary alicyclic amines) is 1. The van der Waals surface area contributed by atoms with Crippen molar-refractivity contribution in [1.29, 1.82) is 0 Å². The molecule has 4 nitrogen and oxygen atoms in total. The minimum atomic E-state index is -0.816. The second-order valence-corrected chi connectivity index (χ2v) is 5.54. The lowest BCUT2D eigenvalue weighted by Gasteiger charge is -2.45. The van der Waals surface area contributed by atoms with Crippen molar-refractivity contribution in [2.45, 2.75) is 32.9 Å². The molecule has 0 aromatic heterocycles. The van der Waals surface area contributed by atoms with Gasteiger partial charge in [-0.05, 0) is 38.9 Å². The van der Waals surface area contributed by atoms with Crippen molar-refractivity contribution in [1.82, 2.24) is 9.80 Å². The van der Waals surface area contributed by atoms with Gasteiger partial charge < -0.3 is 10.0 Å². The highest BCUT2D eigenvalue weighted by Crippen LogP contribution is 2.27. The van der Waals surface area contributed by atoms with Crippen LogP contribution in [0.15, 0.2) is 18.2 Å². The molecule has 104 valence electrons. The molecule has 1 aliphatic heterocycles. The largest absolute Gasteiger partial charge is 0.465 e. The zero-order chi connectivity index (χ0) is 14.2. The molecule has 1 atom stereocenters. The molecule has 1 N–H and O–H groups in total. The van der Waals surface area contributed by atoms with Gasteiger partial charge in [-0.25, -0.2) is 4.79 Å². The maximum Gasteiger partial charge on any atom is 0.407 e. The average molecular weight is 262 g/mol. The lowest BCUT2D eigenvalue weighted by atomic mass is 9.97. The van der Waals surface area contributed by atoms with Gasteiger partial charge in [-0.15, -0.1) is 0 Å². The molecule has 1 heterocycles. The zero-order valence-electron chi connectivity index (χ0n) is 12.1. The molecule has 19 heavy (non-hydrogen) atoms. The first-order valence-corrected chi connectivity index (χ1v) is 6.67. The molecule has 1 unspecified atom stereocenters. The maximum absolute atomic E-state index is 10.8. The molecule has 0 saturated carbocycles. The Morgan fingerprint density at radius 3 is 2.58 bits per heavy atom. The van der Waals surface area contributed by atoms with E-state index in [4.69, 9.17) is 5.11 Å². The molecule has 1 fully saturated rings. The van der Waals surface area contributed by atoms with E-state index in [1.165, 1.54) is 21.6 Å². The van der Waals surface area contributed by atoms with Crippen molar-refractivity contribution >= 4 is 6.09 Å². The number of nitrogens with zero attached hydrogens (tertiary/aromatic N) is 2. The van der Waals surface area contributed by atoms with Crippen LogP contribution in [0.1, 0.15) is 29.7 Å². The monoisotopic (exact) mass is 262 g/mol. The van der Waals surface area contributed by atoms with Crippen molar-refractivity contribution < 1.29 is 9.90 Å². The van der Waals surface area contributed by atoms with Crippen LogP contribution in [0.5, 0.6) is 0 Å². The first kappa shape index (κ1) is 13.9. The Bertz CT molecular complexity index is 481. The molecular formula is C15H22N2O2. The minimum absolute atomic E-state index is 0.307. The number of amides is 1. The Labute approximate surface area is 114 Å². The van der Waals surface area contributed by atoms with Crippen LogP contribution in [0.4, 0.5) is 4.79 Å². The molecule has 0 aliphatic carbocycles. The summed E-state index contributed by atoms with van der Waals surface area (Å²) in [7, 11) is 2.08. The van der Waals surface area contributed by atoms with Crippen LogP contribution >= 0.6 is 0 Å². The molecule has 0 spiro atoms. The van der Waals surface area contributed by atoms with Crippen molar-refractivity contribution in [2.24, 2.45) is 0 Å². The Hall–Kier alpha value is -1.55. The van der Waals surface area contributed by atoms with E-state index >= 15 is 0 Å². The summed E-state index contributed by atoms with van der Waals surface area (Å²) in [6.45, 7) is 7.64. The predicted octanol–water partition coefficient (Wildman–Crippen LogP) is 2.66. The maximum atomic E-state index is 10.8. The minimum Gasteiger partial charge on any atom is -0.465 e. The van der Waals surface area contributed by atoms with Crippen LogP contribution in [-0.2, 0) is 0 Å². The highest BCUT2D eigenvalue weighted by atomic mass is 16.4. The van der Waals surface area contributed by atoms with Crippen molar-refractivity contribution in [3.8, 4) is 0 Å². The van der Waals surface area contributed by atoms with Crippen LogP contribution in [0, 0.1) is 13.8 Å². The Morgan fingerprint density at radius 2 is 2.05 bits per heavy atom. The molecule has 0 bridgehead atoms. The number of carbonyl (C=O) groups is 1. The molecule has 1 aromatic carbocycles. The fraction of sp³-hybridized carbons (Fsp3) is 0.533. The number of benzene rings is 1. The highest BCUT2D eigenvalue weighted by molar-refractivity contribution is 5.66. The second kappa shape index (κ2) is 5.21. The van der Waals surface area contributed by atoms with Crippen LogP contribution in [-0.4, -0.2) is 47.2 Å². The van der Waals surface area contributed by atoms with E-state index in [0.717, 1.165) is 0 Å². The summed E-state index contributed by atoms with van der Waals surface area (Å²) in [6, 6.07) is 7.15. The number of carboxylic acid groups (broad SMARTS) is 1. The molecule has 1 saturated heterocycles. The second-order valence-electron chi connectivity index (χ2n) is 5.54. The number of hydrogen-bond acceptors (Lipinski definition) is 2. The number of likely N-dealkylation sites (N-methyl/N-ethyl adjacent to an activating group) is 1.